The number of aromatic nitrogens is 2. The molecule has 11 heteroatoms. The smallest absolute Gasteiger partial charge is 0.386 e. The third kappa shape index (κ3) is 3.92. The monoisotopic (exact) mass is 437 g/mol. The SMILES string of the molecule is COc1cccc(S(=O)(=O)c2ccc(S(=O)(=O)c3cccc(CO)c3)[nH][n+]2=O)c1. The quantitative estimate of drug-likeness (QED) is 0.551. The molecule has 3 aromatic rings. The van der Waals surface area contributed by atoms with E-state index in [-0.39, 0.29) is 26.7 Å². The van der Waals surface area contributed by atoms with Crippen molar-refractivity contribution in [3.63, 3.8) is 0 Å². The maximum atomic E-state index is 12.8. The molecule has 0 aliphatic carbocycles. The number of nitrogens with zero attached hydrogens (tertiary/aromatic N) is 1. The highest BCUT2D eigenvalue weighted by molar-refractivity contribution is 7.91. The molecule has 0 saturated heterocycles. The largest absolute Gasteiger partial charge is 0.497 e. The molecule has 1 heterocycles. The van der Waals surface area contributed by atoms with E-state index in [1.54, 1.807) is 12.1 Å². The lowest BCUT2D eigenvalue weighted by Crippen LogP contribution is -2.30. The number of aromatic amines is 1. The number of aliphatic hydroxyl groups is 1. The second-order valence-electron chi connectivity index (χ2n) is 5.93. The predicted molar refractivity (Wildman–Crippen MR) is 100 cm³/mol. The van der Waals surface area contributed by atoms with Gasteiger partial charge < -0.3 is 9.84 Å². The Morgan fingerprint density at radius 1 is 0.931 bits per heavy atom. The fourth-order valence-corrected chi connectivity index (χ4v) is 5.13. The van der Waals surface area contributed by atoms with Crippen molar-refractivity contribution < 1.29 is 31.2 Å². The van der Waals surface area contributed by atoms with E-state index in [1.807, 2.05) is 0 Å². The number of H-pyrrole nitrogens is 1. The molecule has 0 amide bonds. The van der Waals surface area contributed by atoms with Crippen molar-refractivity contribution in [3.8, 4) is 5.75 Å². The number of sulfone groups is 2. The molecule has 0 aliphatic heterocycles. The van der Waals surface area contributed by atoms with Gasteiger partial charge in [-0.05, 0) is 42.0 Å². The molecule has 0 spiro atoms. The molecule has 0 unspecified atom stereocenters. The summed E-state index contributed by atoms with van der Waals surface area (Å²) in [5, 5.41) is 10.1. The highest BCUT2D eigenvalue weighted by atomic mass is 32.2. The molecule has 0 saturated carbocycles. The molecule has 3 rings (SSSR count). The van der Waals surface area contributed by atoms with Gasteiger partial charge in [-0.2, -0.15) is 0 Å². The number of aliphatic hydroxyl groups excluding tert-OH is 1. The first-order valence-electron chi connectivity index (χ1n) is 8.20. The summed E-state index contributed by atoms with van der Waals surface area (Å²) in [7, 11) is -6.99. The summed E-state index contributed by atoms with van der Waals surface area (Å²) in [5.74, 6) is 0.287. The van der Waals surface area contributed by atoms with Crippen molar-refractivity contribution in [2.45, 2.75) is 26.4 Å². The van der Waals surface area contributed by atoms with Crippen molar-refractivity contribution >= 4 is 19.7 Å². The van der Waals surface area contributed by atoms with E-state index in [0.717, 1.165) is 12.1 Å². The summed E-state index contributed by atoms with van der Waals surface area (Å²) in [5.41, 5.74) is 0.373. The molecule has 9 nitrogen and oxygen atoms in total. The summed E-state index contributed by atoms with van der Waals surface area (Å²) in [6.45, 7) is -0.355. The number of rotatable bonds is 6. The minimum absolute atomic E-state index is 0.114. The highest BCUT2D eigenvalue weighted by Gasteiger charge is 2.32. The molecule has 0 radical (unpaired) electrons. The Bertz CT molecular complexity index is 1330. The number of methoxy groups -OCH3 is 1. The highest BCUT2D eigenvalue weighted by Crippen LogP contribution is 2.24. The predicted octanol–water partition coefficient (Wildman–Crippen LogP) is 1.10. The number of nitrogens with one attached hydrogen (secondary N) is 1. The van der Waals surface area contributed by atoms with Gasteiger partial charge in [-0.3, -0.25) is 0 Å². The Morgan fingerprint density at radius 2 is 1.59 bits per heavy atom. The first-order valence-corrected chi connectivity index (χ1v) is 11.2. The third-order valence-corrected chi connectivity index (χ3v) is 7.50. The van der Waals surface area contributed by atoms with Crippen LogP contribution in [0.25, 0.3) is 0 Å². The van der Waals surface area contributed by atoms with E-state index >= 15 is 0 Å². The van der Waals surface area contributed by atoms with Crippen molar-refractivity contribution in [2.24, 2.45) is 0 Å². The van der Waals surface area contributed by atoms with Gasteiger partial charge in [0.25, 0.3) is 9.84 Å². The average Bonchev–Trinajstić information content (AvgIpc) is 2.73. The van der Waals surface area contributed by atoms with Crippen LogP contribution in [0.1, 0.15) is 5.56 Å². The first-order chi connectivity index (χ1) is 13.7. The number of ether oxygens (including phenoxy) is 1. The minimum Gasteiger partial charge on any atom is -0.497 e. The zero-order valence-electron chi connectivity index (χ0n) is 15.1. The van der Waals surface area contributed by atoms with Gasteiger partial charge in [-0.1, -0.05) is 18.2 Å². The van der Waals surface area contributed by atoms with Crippen LogP contribution in [0.2, 0.25) is 0 Å². The van der Waals surface area contributed by atoms with Gasteiger partial charge >= 0.3 is 5.03 Å². The molecule has 29 heavy (non-hydrogen) atoms. The molecule has 152 valence electrons. The second kappa shape index (κ2) is 7.78. The van der Waals surface area contributed by atoms with Crippen molar-refractivity contribution in [1.29, 1.82) is 0 Å². The van der Waals surface area contributed by atoms with Crippen LogP contribution in [0.5, 0.6) is 5.75 Å². The summed E-state index contributed by atoms with van der Waals surface area (Å²) >= 11 is 0. The second-order valence-corrected chi connectivity index (χ2v) is 9.75. The van der Waals surface area contributed by atoms with Gasteiger partial charge in [-0.15, -0.1) is 5.10 Å². The van der Waals surface area contributed by atoms with Crippen molar-refractivity contribution in [2.75, 3.05) is 7.11 Å². The molecule has 0 bridgehead atoms. The third-order valence-electron chi connectivity index (χ3n) is 4.10. The fourth-order valence-electron chi connectivity index (χ4n) is 2.58. The van der Waals surface area contributed by atoms with Gasteiger partial charge in [0.2, 0.25) is 9.84 Å². The molecule has 1 aromatic heterocycles. The molecule has 2 aromatic carbocycles. The lowest BCUT2D eigenvalue weighted by Gasteiger charge is -2.05. The van der Waals surface area contributed by atoms with Crippen molar-refractivity contribution in [1.82, 2.24) is 5.10 Å². The fraction of sp³-hybridized carbons (Fsp3) is 0.111. The van der Waals surface area contributed by atoms with E-state index in [1.165, 1.54) is 43.5 Å². The van der Waals surface area contributed by atoms with E-state index in [9.17, 15) is 26.8 Å². The Hall–Kier alpha value is -3.02. The van der Waals surface area contributed by atoms with E-state index in [4.69, 9.17) is 4.74 Å². The summed E-state index contributed by atoms with van der Waals surface area (Å²) in [6, 6.07) is 13.0. The molecule has 0 fully saturated rings. The van der Waals surface area contributed by atoms with Gasteiger partial charge in [0.05, 0.1) is 28.4 Å². The molecule has 2 N–H and O–H groups in total. The number of hydrogen-bond donors (Lipinski definition) is 2. The van der Waals surface area contributed by atoms with Crippen LogP contribution in [0.15, 0.2) is 80.5 Å². The van der Waals surface area contributed by atoms with Crippen LogP contribution >= 0.6 is 0 Å². The molecule has 0 aliphatic rings. The average molecular weight is 437 g/mol. The summed E-state index contributed by atoms with van der Waals surface area (Å²) < 4.78 is 55.9. The van der Waals surface area contributed by atoms with E-state index in [2.05, 4.69) is 5.10 Å². The topological polar surface area (TPSA) is 136 Å². The zero-order chi connectivity index (χ0) is 21.2. The molecule has 0 atom stereocenters. The Morgan fingerprint density at radius 3 is 2.21 bits per heavy atom. The Balaban J connectivity index is 2.07. The molecular formula is C18H17N2O7S2+. The maximum absolute atomic E-state index is 12.8. The zero-order valence-corrected chi connectivity index (χ0v) is 16.8. The lowest BCUT2D eigenvalue weighted by atomic mass is 10.2. The molecular weight excluding hydrogens is 420 g/mol. The van der Waals surface area contributed by atoms with Gasteiger partial charge in [0, 0.05) is 6.07 Å². The van der Waals surface area contributed by atoms with E-state index < -0.39 is 29.7 Å². The van der Waals surface area contributed by atoms with Gasteiger partial charge in [0.1, 0.15) is 5.75 Å². The Kier molecular flexibility index (Phi) is 5.55. The lowest BCUT2D eigenvalue weighted by molar-refractivity contribution is -0.610. The van der Waals surface area contributed by atoms with Gasteiger partial charge in [-0.25, -0.2) is 16.8 Å². The maximum Gasteiger partial charge on any atom is 0.386 e. The van der Waals surface area contributed by atoms with Crippen LogP contribution in [0, 0.1) is 4.91 Å². The minimum atomic E-state index is -4.23. The Labute approximate surface area is 166 Å². The summed E-state index contributed by atoms with van der Waals surface area (Å²) in [4.78, 5) is 12.0. The van der Waals surface area contributed by atoms with Crippen LogP contribution in [0.3, 0.4) is 0 Å². The number of hydrogen-bond acceptors (Lipinski definition) is 7. The van der Waals surface area contributed by atoms with Crippen molar-refractivity contribution in [3.05, 3.63) is 71.1 Å². The van der Waals surface area contributed by atoms with E-state index in [0.29, 0.717) is 5.56 Å². The normalized spacial score (nSPS) is 11.9. The van der Waals surface area contributed by atoms with Crippen LogP contribution in [-0.4, -0.2) is 34.2 Å². The van der Waals surface area contributed by atoms with Crippen LogP contribution in [0.4, 0.5) is 0 Å². The number of benzene rings is 2. The van der Waals surface area contributed by atoms with Gasteiger partial charge in [0.15, 0.2) is 9.57 Å². The van der Waals surface area contributed by atoms with Crippen LogP contribution < -0.4 is 9.28 Å². The summed E-state index contributed by atoms with van der Waals surface area (Å²) in [6.07, 6.45) is 0. The van der Waals surface area contributed by atoms with Crippen LogP contribution in [-0.2, 0) is 26.3 Å². The first kappa shape index (κ1) is 20.7. The standard InChI is InChI=1S/C18H17N2O7S2/c1-27-14-5-3-7-16(11-14)29(25,26)18-9-8-17(19-20(18)22)28(23,24)15-6-2-4-13(10-15)12-21/h2-11,21H,12H2,1H3,(H,19,22)/q+1.